The molecule has 0 aliphatic carbocycles. The van der Waals surface area contributed by atoms with Crippen LogP contribution in [-0.2, 0) is 18.4 Å². The molecule has 3 aromatic rings. The number of carbonyl (C=O) groups excluding carboxylic acids is 1. The molecule has 152 valence electrons. The van der Waals surface area contributed by atoms with Gasteiger partial charge >= 0.3 is 5.69 Å². The Bertz CT molecular complexity index is 1100. The first-order valence-corrected chi connectivity index (χ1v) is 9.31. The number of nitrogens with one attached hydrogen (secondary N) is 1. The van der Waals surface area contributed by atoms with Crippen LogP contribution in [-0.4, -0.2) is 32.0 Å². The highest BCUT2D eigenvalue weighted by molar-refractivity contribution is 6.31. The summed E-state index contributed by atoms with van der Waals surface area (Å²) in [5, 5.41) is 16.7. The second kappa shape index (κ2) is 8.77. The Balaban J connectivity index is 1.80. The molecule has 2 aromatic carbocycles. The zero-order valence-corrected chi connectivity index (χ0v) is 16.8. The lowest BCUT2D eigenvalue weighted by Crippen LogP contribution is -2.37. The summed E-state index contributed by atoms with van der Waals surface area (Å²) >= 11 is 11.6. The number of amides is 1. The summed E-state index contributed by atoms with van der Waals surface area (Å²) in [6, 6.07) is 10.0. The summed E-state index contributed by atoms with van der Waals surface area (Å²) in [4.78, 5) is 24.8. The molecule has 1 heterocycles. The third-order valence-electron chi connectivity index (χ3n) is 4.31. The molecule has 0 bridgehead atoms. The van der Waals surface area contributed by atoms with Crippen LogP contribution in [0.15, 0.2) is 47.3 Å². The molecule has 0 spiro atoms. The van der Waals surface area contributed by atoms with Crippen LogP contribution < -0.4 is 11.0 Å². The highest BCUT2D eigenvalue weighted by Gasteiger charge is 2.21. The fraction of sp³-hybridized carbons (Fsp3) is 0.211. The van der Waals surface area contributed by atoms with Crippen molar-refractivity contribution < 1.29 is 14.3 Å². The Labute approximate surface area is 175 Å². The number of carbonyl (C=O) groups is 1. The summed E-state index contributed by atoms with van der Waals surface area (Å²) in [5.74, 6) is -0.987. The first-order chi connectivity index (χ1) is 13.8. The molecule has 3 rings (SSSR count). The number of hydrogen-bond donors (Lipinski definition) is 2. The molecule has 0 radical (unpaired) electrons. The highest BCUT2D eigenvalue weighted by Crippen LogP contribution is 2.23. The maximum absolute atomic E-state index is 14.2. The van der Waals surface area contributed by atoms with Crippen molar-refractivity contribution in [3.8, 4) is 11.4 Å². The van der Waals surface area contributed by atoms with Crippen molar-refractivity contribution >= 4 is 29.1 Å². The third kappa shape index (κ3) is 4.50. The Morgan fingerprint density at radius 2 is 1.93 bits per heavy atom. The number of aliphatic hydroxyl groups excluding tert-OH is 1. The van der Waals surface area contributed by atoms with Gasteiger partial charge in [0.25, 0.3) is 0 Å². The Kier molecular flexibility index (Phi) is 6.36. The molecule has 7 nitrogen and oxygen atoms in total. The second-order valence-corrected chi connectivity index (χ2v) is 7.12. The maximum atomic E-state index is 14.2. The van der Waals surface area contributed by atoms with Crippen molar-refractivity contribution in [1.82, 2.24) is 19.7 Å². The quantitative estimate of drug-likeness (QED) is 0.618. The lowest BCUT2D eigenvalue weighted by Gasteiger charge is -2.17. The van der Waals surface area contributed by atoms with Crippen LogP contribution in [0.1, 0.15) is 11.6 Å². The Hall–Kier alpha value is -2.68. The molecular formula is C19H17Cl2FN4O3. The van der Waals surface area contributed by atoms with Gasteiger partial charge in [-0.05, 0) is 30.3 Å². The fourth-order valence-electron chi connectivity index (χ4n) is 2.83. The summed E-state index contributed by atoms with van der Waals surface area (Å²) in [5.41, 5.74) is 0.200. The summed E-state index contributed by atoms with van der Waals surface area (Å²) in [6.07, 6.45) is 0. The zero-order chi connectivity index (χ0) is 21.1. The SMILES string of the molecule is Cn1c(-c2ccc(Cl)cc2)nn(CC(=O)NC(CO)c2cccc(Cl)c2F)c1=O. The van der Waals surface area contributed by atoms with E-state index in [0.717, 1.165) is 4.68 Å². The number of aliphatic hydroxyl groups is 1. The molecule has 2 N–H and O–H groups in total. The minimum absolute atomic E-state index is 0.0450. The van der Waals surface area contributed by atoms with Gasteiger partial charge in [0.1, 0.15) is 12.4 Å². The number of rotatable bonds is 6. The molecule has 1 unspecified atom stereocenters. The normalized spacial score (nSPS) is 12.0. The fourth-order valence-corrected chi connectivity index (χ4v) is 3.14. The topological polar surface area (TPSA) is 89.2 Å². The lowest BCUT2D eigenvalue weighted by atomic mass is 10.1. The summed E-state index contributed by atoms with van der Waals surface area (Å²) in [6.45, 7) is -0.949. The number of halogens is 3. The minimum atomic E-state index is -1.02. The van der Waals surface area contributed by atoms with E-state index in [2.05, 4.69) is 10.4 Å². The van der Waals surface area contributed by atoms with Gasteiger partial charge in [-0.2, -0.15) is 0 Å². The predicted molar refractivity (Wildman–Crippen MR) is 107 cm³/mol. The van der Waals surface area contributed by atoms with Gasteiger partial charge < -0.3 is 10.4 Å². The molecule has 0 aliphatic heterocycles. The molecule has 0 aliphatic rings. The lowest BCUT2D eigenvalue weighted by molar-refractivity contribution is -0.123. The van der Waals surface area contributed by atoms with Crippen LogP contribution in [0, 0.1) is 5.82 Å². The van der Waals surface area contributed by atoms with Gasteiger partial charge in [0.2, 0.25) is 5.91 Å². The number of nitrogens with zero attached hydrogens (tertiary/aromatic N) is 3. The highest BCUT2D eigenvalue weighted by atomic mass is 35.5. The second-order valence-electron chi connectivity index (χ2n) is 6.28. The first kappa shape index (κ1) is 21.0. The van der Waals surface area contributed by atoms with Gasteiger partial charge in [-0.1, -0.05) is 35.3 Å². The van der Waals surface area contributed by atoms with E-state index in [-0.39, 0.29) is 10.6 Å². The van der Waals surface area contributed by atoms with Gasteiger partial charge in [-0.25, -0.2) is 13.9 Å². The van der Waals surface area contributed by atoms with Crippen LogP contribution in [0.25, 0.3) is 11.4 Å². The average Bonchev–Trinajstić information content (AvgIpc) is 2.97. The van der Waals surface area contributed by atoms with Gasteiger partial charge in [0, 0.05) is 23.2 Å². The van der Waals surface area contributed by atoms with Crippen molar-refractivity contribution in [3.05, 3.63) is 74.4 Å². The standard InChI is InChI=1S/C19H17Cl2FN4O3/c1-25-18(11-5-7-12(20)8-6-11)24-26(19(25)29)9-16(28)23-15(10-27)13-3-2-4-14(21)17(13)22/h2-8,15,27H,9-10H2,1H3,(H,23,28). The van der Waals surface area contributed by atoms with E-state index >= 15 is 0 Å². The molecule has 29 heavy (non-hydrogen) atoms. The van der Waals surface area contributed by atoms with Gasteiger partial charge in [-0.3, -0.25) is 9.36 Å². The largest absolute Gasteiger partial charge is 0.394 e. The van der Waals surface area contributed by atoms with E-state index in [1.54, 1.807) is 24.3 Å². The minimum Gasteiger partial charge on any atom is -0.394 e. The van der Waals surface area contributed by atoms with Gasteiger partial charge in [0.15, 0.2) is 5.82 Å². The van der Waals surface area contributed by atoms with Crippen LogP contribution >= 0.6 is 23.2 Å². The summed E-state index contributed by atoms with van der Waals surface area (Å²) in [7, 11) is 1.53. The molecule has 1 amide bonds. The molecule has 0 fully saturated rings. The van der Waals surface area contributed by atoms with Crippen LogP contribution in [0.3, 0.4) is 0 Å². The van der Waals surface area contributed by atoms with Crippen molar-refractivity contribution in [3.63, 3.8) is 0 Å². The van der Waals surface area contributed by atoms with Gasteiger partial charge in [-0.15, -0.1) is 5.10 Å². The van der Waals surface area contributed by atoms with Gasteiger partial charge in [0.05, 0.1) is 17.7 Å². The molecule has 0 saturated heterocycles. The van der Waals surface area contributed by atoms with Crippen molar-refractivity contribution in [2.75, 3.05) is 6.61 Å². The molecule has 0 saturated carbocycles. The molecule has 10 heteroatoms. The summed E-state index contributed by atoms with van der Waals surface area (Å²) < 4.78 is 16.5. The van der Waals surface area contributed by atoms with Crippen LogP contribution in [0.4, 0.5) is 4.39 Å². The smallest absolute Gasteiger partial charge is 0.346 e. The van der Waals surface area contributed by atoms with E-state index in [1.807, 2.05) is 0 Å². The van der Waals surface area contributed by atoms with E-state index in [1.165, 1.54) is 29.8 Å². The maximum Gasteiger partial charge on any atom is 0.346 e. The first-order valence-electron chi connectivity index (χ1n) is 8.55. The number of hydrogen-bond acceptors (Lipinski definition) is 4. The third-order valence-corrected chi connectivity index (χ3v) is 4.86. The molecule has 1 atom stereocenters. The predicted octanol–water partition coefficient (Wildman–Crippen LogP) is 2.54. The van der Waals surface area contributed by atoms with E-state index in [9.17, 15) is 19.1 Å². The van der Waals surface area contributed by atoms with Crippen LogP contribution in [0.2, 0.25) is 10.0 Å². The zero-order valence-electron chi connectivity index (χ0n) is 15.3. The molecular weight excluding hydrogens is 422 g/mol. The van der Waals surface area contributed by atoms with Crippen LogP contribution in [0.5, 0.6) is 0 Å². The van der Waals surface area contributed by atoms with E-state index in [0.29, 0.717) is 16.4 Å². The van der Waals surface area contributed by atoms with E-state index in [4.69, 9.17) is 23.2 Å². The monoisotopic (exact) mass is 438 g/mol. The average molecular weight is 439 g/mol. The number of benzene rings is 2. The Morgan fingerprint density at radius 3 is 2.59 bits per heavy atom. The van der Waals surface area contributed by atoms with Crippen molar-refractivity contribution in [1.29, 1.82) is 0 Å². The Morgan fingerprint density at radius 1 is 1.24 bits per heavy atom. The molecule has 1 aromatic heterocycles. The number of aromatic nitrogens is 3. The van der Waals surface area contributed by atoms with Crippen molar-refractivity contribution in [2.24, 2.45) is 7.05 Å². The van der Waals surface area contributed by atoms with Crippen molar-refractivity contribution in [2.45, 2.75) is 12.6 Å². The van der Waals surface area contributed by atoms with E-state index < -0.39 is 36.6 Å².